The van der Waals surface area contributed by atoms with Crippen LogP contribution in [0.4, 0.5) is 10.8 Å². The molecular formula is C18H18ClN5O2S. The van der Waals surface area contributed by atoms with Gasteiger partial charge in [-0.3, -0.25) is 9.36 Å². The lowest BCUT2D eigenvalue weighted by Gasteiger charge is -2.11. The number of methoxy groups -OCH3 is 1. The standard InChI is InChI=1S/C18H18ClN5O2S/c1-26-15-7-6-12(11-13(15)19)20-16(25)14-5-4-10-24(14)18-22-21-17(27-18)23-8-2-3-9-23/h4-7,10-11H,2-3,8-9H2,1H3,(H,20,25). The molecule has 1 aliphatic heterocycles. The van der Waals surface area contributed by atoms with Gasteiger partial charge in [-0.05, 0) is 43.2 Å². The number of carbonyl (C=O) groups is 1. The molecule has 0 bridgehead atoms. The lowest BCUT2D eigenvalue weighted by atomic mass is 10.3. The largest absolute Gasteiger partial charge is 0.495 e. The monoisotopic (exact) mass is 403 g/mol. The molecule has 0 spiro atoms. The molecule has 9 heteroatoms. The molecule has 1 fully saturated rings. The molecule has 1 aromatic carbocycles. The molecule has 1 N–H and O–H groups in total. The summed E-state index contributed by atoms with van der Waals surface area (Å²) in [6, 6.07) is 8.67. The SMILES string of the molecule is COc1ccc(NC(=O)c2cccn2-c2nnc(N3CCCC3)s2)cc1Cl. The topological polar surface area (TPSA) is 72.3 Å². The van der Waals surface area contributed by atoms with Crippen LogP contribution in [0.5, 0.6) is 5.75 Å². The minimum atomic E-state index is -0.251. The van der Waals surface area contributed by atoms with Crippen molar-refractivity contribution >= 4 is 39.7 Å². The lowest BCUT2D eigenvalue weighted by molar-refractivity contribution is 0.102. The highest BCUT2D eigenvalue weighted by molar-refractivity contribution is 7.17. The number of ether oxygens (including phenoxy) is 1. The smallest absolute Gasteiger partial charge is 0.272 e. The van der Waals surface area contributed by atoms with Crippen LogP contribution in [-0.2, 0) is 0 Å². The van der Waals surface area contributed by atoms with Crippen LogP contribution in [0.25, 0.3) is 5.13 Å². The Labute approximate surface area is 165 Å². The summed E-state index contributed by atoms with van der Waals surface area (Å²) >= 11 is 7.61. The zero-order valence-corrected chi connectivity index (χ0v) is 16.3. The minimum absolute atomic E-state index is 0.251. The van der Waals surface area contributed by atoms with Gasteiger partial charge in [-0.2, -0.15) is 0 Å². The number of hydrogen-bond donors (Lipinski definition) is 1. The molecule has 3 aromatic rings. The van der Waals surface area contributed by atoms with E-state index in [0.717, 1.165) is 18.2 Å². The summed E-state index contributed by atoms with van der Waals surface area (Å²) in [4.78, 5) is 15.0. The Hall–Kier alpha value is -2.58. The van der Waals surface area contributed by atoms with Crippen molar-refractivity contribution in [3.05, 3.63) is 47.2 Å². The second kappa shape index (κ2) is 7.58. The van der Waals surface area contributed by atoms with Gasteiger partial charge in [-0.15, -0.1) is 10.2 Å². The van der Waals surface area contributed by atoms with Crippen LogP contribution < -0.4 is 15.0 Å². The molecule has 1 saturated heterocycles. The van der Waals surface area contributed by atoms with Gasteiger partial charge in [-0.1, -0.05) is 22.9 Å². The number of rotatable bonds is 5. The Morgan fingerprint density at radius 1 is 1.22 bits per heavy atom. The molecule has 140 valence electrons. The summed E-state index contributed by atoms with van der Waals surface area (Å²) in [5.74, 6) is 0.306. The molecule has 1 amide bonds. The minimum Gasteiger partial charge on any atom is -0.495 e. The second-order valence-corrected chi connectivity index (χ2v) is 7.47. The molecule has 0 atom stereocenters. The first-order chi connectivity index (χ1) is 13.2. The van der Waals surface area contributed by atoms with E-state index in [1.807, 2.05) is 12.3 Å². The third-order valence-electron chi connectivity index (χ3n) is 4.38. The van der Waals surface area contributed by atoms with E-state index in [0.29, 0.717) is 27.3 Å². The van der Waals surface area contributed by atoms with Gasteiger partial charge in [-0.25, -0.2) is 0 Å². The van der Waals surface area contributed by atoms with Crippen LogP contribution in [0.1, 0.15) is 23.3 Å². The van der Waals surface area contributed by atoms with Crippen LogP contribution in [0.15, 0.2) is 36.5 Å². The van der Waals surface area contributed by atoms with Crippen molar-refractivity contribution in [1.82, 2.24) is 14.8 Å². The zero-order chi connectivity index (χ0) is 18.8. The van der Waals surface area contributed by atoms with E-state index in [1.165, 1.54) is 24.2 Å². The van der Waals surface area contributed by atoms with E-state index in [1.54, 1.807) is 35.9 Å². The van der Waals surface area contributed by atoms with Crippen LogP contribution in [0.2, 0.25) is 5.02 Å². The molecule has 4 rings (SSSR count). The number of aromatic nitrogens is 3. The average Bonchev–Trinajstić information content (AvgIpc) is 3.41. The summed E-state index contributed by atoms with van der Waals surface area (Å²) in [6.45, 7) is 2.01. The third kappa shape index (κ3) is 3.63. The first-order valence-corrected chi connectivity index (χ1v) is 9.76. The number of nitrogens with zero attached hydrogens (tertiary/aromatic N) is 4. The van der Waals surface area contributed by atoms with Crippen molar-refractivity contribution in [2.75, 3.05) is 30.4 Å². The maximum atomic E-state index is 12.7. The maximum absolute atomic E-state index is 12.7. The van der Waals surface area contributed by atoms with Crippen LogP contribution in [0.3, 0.4) is 0 Å². The molecule has 0 saturated carbocycles. The Balaban J connectivity index is 1.54. The number of hydrogen-bond acceptors (Lipinski definition) is 6. The number of anilines is 2. The van der Waals surface area contributed by atoms with E-state index in [-0.39, 0.29) is 5.91 Å². The zero-order valence-electron chi connectivity index (χ0n) is 14.7. The normalized spacial score (nSPS) is 13.8. The van der Waals surface area contributed by atoms with E-state index < -0.39 is 0 Å². The van der Waals surface area contributed by atoms with Crippen molar-refractivity contribution in [3.8, 4) is 10.9 Å². The first kappa shape index (κ1) is 17.8. The van der Waals surface area contributed by atoms with Gasteiger partial charge in [0.05, 0.1) is 12.1 Å². The molecule has 27 heavy (non-hydrogen) atoms. The highest BCUT2D eigenvalue weighted by Gasteiger charge is 2.20. The Morgan fingerprint density at radius 3 is 2.74 bits per heavy atom. The van der Waals surface area contributed by atoms with E-state index in [2.05, 4.69) is 20.4 Å². The van der Waals surface area contributed by atoms with Crippen molar-refractivity contribution in [2.45, 2.75) is 12.8 Å². The Kier molecular flexibility index (Phi) is 5.00. The molecule has 1 aliphatic rings. The van der Waals surface area contributed by atoms with Gasteiger partial charge in [0.15, 0.2) is 0 Å². The van der Waals surface area contributed by atoms with Gasteiger partial charge >= 0.3 is 0 Å². The highest BCUT2D eigenvalue weighted by atomic mass is 35.5. The van der Waals surface area contributed by atoms with Gasteiger partial charge in [0.25, 0.3) is 5.91 Å². The summed E-state index contributed by atoms with van der Waals surface area (Å²) in [7, 11) is 1.55. The molecule has 0 radical (unpaired) electrons. The third-order valence-corrected chi connectivity index (χ3v) is 5.66. The summed E-state index contributed by atoms with van der Waals surface area (Å²) < 4.78 is 6.88. The predicted molar refractivity (Wildman–Crippen MR) is 107 cm³/mol. The van der Waals surface area contributed by atoms with Crippen LogP contribution in [-0.4, -0.2) is 40.9 Å². The fourth-order valence-electron chi connectivity index (χ4n) is 3.01. The molecule has 2 aromatic heterocycles. The highest BCUT2D eigenvalue weighted by Crippen LogP contribution is 2.29. The van der Waals surface area contributed by atoms with Crippen LogP contribution >= 0.6 is 22.9 Å². The lowest BCUT2D eigenvalue weighted by Crippen LogP contribution is -2.17. The fraction of sp³-hybridized carbons (Fsp3) is 0.278. The van der Waals surface area contributed by atoms with Crippen molar-refractivity contribution in [2.24, 2.45) is 0 Å². The predicted octanol–water partition coefficient (Wildman–Crippen LogP) is 3.84. The Morgan fingerprint density at radius 2 is 2.00 bits per heavy atom. The number of amides is 1. The molecular weight excluding hydrogens is 386 g/mol. The molecule has 3 heterocycles. The van der Waals surface area contributed by atoms with Gasteiger partial charge in [0.1, 0.15) is 11.4 Å². The van der Waals surface area contributed by atoms with Crippen molar-refractivity contribution in [1.29, 1.82) is 0 Å². The van der Waals surface area contributed by atoms with Crippen molar-refractivity contribution < 1.29 is 9.53 Å². The van der Waals surface area contributed by atoms with Gasteiger partial charge in [0, 0.05) is 25.0 Å². The fourth-order valence-corrected chi connectivity index (χ4v) is 4.17. The summed E-state index contributed by atoms with van der Waals surface area (Å²) in [5.41, 5.74) is 1.07. The quantitative estimate of drug-likeness (QED) is 0.700. The Bertz CT molecular complexity index is 964. The number of halogens is 1. The summed E-state index contributed by atoms with van der Waals surface area (Å²) in [6.07, 6.45) is 4.16. The van der Waals surface area contributed by atoms with E-state index in [9.17, 15) is 4.79 Å². The van der Waals surface area contributed by atoms with E-state index >= 15 is 0 Å². The second-order valence-electron chi connectivity index (χ2n) is 6.13. The average molecular weight is 404 g/mol. The summed E-state index contributed by atoms with van der Waals surface area (Å²) in [5, 5.41) is 13.4. The van der Waals surface area contributed by atoms with Crippen LogP contribution in [0, 0.1) is 0 Å². The molecule has 0 aliphatic carbocycles. The van der Waals surface area contributed by atoms with E-state index in [4.69, 9.17) is 16.3 Å². The molecule has 0 unspecified atom stereocenters. The first-order valence-electron chi connectivity index (χ1n) is 8.57. The number of nitrogens with one attached hydrogen (secondary N) is 1. The van der Waals surface area contributed by atoms with Gasteiger partial charge in [0.2, 0.25) is 10.3 Å². The number of carbonyl (C=O) groups excluding carboxylic acids is 1. The molecule has 7 nitrogen and oxygen atoms in total. The number of benzene rings is 1. The van der Waals surface area contributed by atoms with Gasteiger partial charge < -0.3 is 15.0 Å². The van der Waals surface area contributed by atoms with Crippen molar-refractivity contribution in [3.63, 3.8) is 0 Å². The maximum Gasteiger partial charge on any atom is 0.272 e.